The second-order valence-electron chi connectivity index (χ2n) is 7.05. The summed E-state index contributed by atoms with van der Waals surface area (Å²) in [4.78, 5) is 23.5. The van der Waals surface area contributed by atoms with E-state index in [1.807, 2.05) is 36.4 Å². The molecule has 0 saturated carbocycles. The number of esters is 1. The van der Waals surface area contributed by atoms with Gasteiger partial charge in [-0.15, -0.1) is 0 Å². The molecule has 1 N–H and O–H groups in total. The zero-order valence-corrected chi connectivity index (χ0v) is 16.5. The van der Waals surface area contributed by atoms with Crippen molar-refractivity contribution < 1.29 is 9.53 Å². The van der Waals surface area contributed by atoms with E-state index in [0.717, 1.165) is 54.6 Å². The van der Waals surface area contributed by atoms with Gasteiger partial charge in [0.25, 0.3) is 0 Å². The first-order chi connectivity index (χ1) is 14.2. The number of methoxy groups -OCH3 is 1. The zero-order chi connectivity index (χ0) is 20.1. The Morgan fingerprint density at radius 2 is 1.69 bits per heavy atom. The number of nitrogens with zero attached hydrogens (tertiary/aromatic N) is 3. The molecule has 1 aliphatic heterocycles. The lowest BCUT2D eigenvalue weighted by Gasteiger charge is -2.27. The second-order valence-corrected chi connectivity index (χ2v) is 7.05. The van der Waals surface area contributed by atoms with Crippen molar-refractivity contribution in [1.29, 1.82) is 0 Å². The monoisotopic (exact) mass is 388 g/mol. The van der Waals surface area contributed by atoms with Crippen LogP contribution in [0.4, 0.5) is 17.5 Å². The number of ether oxygens (including phenoxy) is 1. The molecule has 4 rings (SSSR count). The number of benzene rings is 2. The minimum absolute atomic E-state index is 0.350. The highest BCUT2D eigenvalue weighted by Crippen LogP contribution is 2.26. The summed E-state index contributed by atoms with van der Waals surface area (Å²) in [6.45, 7) is 1.96. The third-order valence-corrected chi connectivity index (χ3v) is 5.00. The molecule has 6 heteroatoms. The van der Waals surface area contributed by atoms with Crippen molar-refractivity contribution in [3.8, 4) is 11.3 Å². The molecule has 1 saturated heterocycles. The molecule has 3 aromatic rings. The molecule has 2 aromatic carbocycles. The van der Waals surface area contributed by atoms with Crippen molar-refractivity contribution in [2.45, 2.75) is 19.3 Å². The highest BCUT2D eigenvalue weighted by atomic mass is 16.5. The molecule has 0 radical (unpaired) electrons. The fraction of sp³-hybridized carbons (Fsp3) is 0.261. The molecule has 0 amide bonds. The highest BCUT2D eigenvalue weighted by molar-refractivity contribution is 5.89. The van der Waals surface area contributed by atoms with Crippen molar-refractivity contribution >= 4 is 23.4 Å². The van der Waals surface area contributed by atoms with Gasteiger partial charge in [-0.3, -0.25) is 0 Å². The largest absolute Gasteiger partial charge is 0.465 e. The molecule has 29 heavy (non-hydrogen) atoms. The summed E-state index contributed by atoms with van der Waals surface area (Å²) in [5, 5.41) is 3.35. The summed E-state index contributed by atoms with van der Waals surface area (Å²) >= 11 is 0. The van der Waals surface area contributed by atoms with Gasteiger partial charge in [-0.05, 0) is 43.5 Å². The number of aromatic nitrogens is 2. The van der Waals surface area contributed by atoms with Gasteiger partial charge in [0.05, 0.1) is 18.4 Å². The smallest absolute Gasteiger partial charge is 0.337 e. The molecule has 148 valence electrons. The van der Waals surface area contributed by atoms with E-state index in [0.29, 0.717) is 5.56 Å². The first-order valence-electron chi connectivity index (χ1n) is 9.88. The Labute approximate surface area is 170 Å². The van der Waals surface area contributed by atoms with Crippen molar-refractivity contribution in [1.82, 2.24) is 9.97 Å². The quantitative estimate of drug-likeness (QED) is 0.641. The van der Waals surface area contributed by atoms with E-state index in [9.17, 15) is 4.79 Å². The Kier molecular flexibility index (Phi) is 5.70. The van der Waals surface area contributed by atoms with Gasteiger partial charge < -0.3 is 15.0 Å². The van der Waals surface area contributed by atoms with E-state index in [2.05, 4.69) is 22.3 Å². The van der Waals surface area contributed by atoms with E-state index < -0.39 is 0 Å². The Morgan fingerprint density at radius 3 is 2.38 bits per heavy atom. The maximum Gasteiger partial charge on any atom is 0.337 e. The number of hydrogen-bond acceptors (Lipinski definition) is 6. The predicted molar refractivity (Wildman–Crippen MR) is 115 cm³/mol. The summed E-state index contributed by atoms with van der Waals surface area (Å²) in [6.07, 6.45) is 3.58. The van der Waals surface area contributed by atoms with Crippen LogP contribution >= 0.6 is 0 Å². The lowest BCUT2D eigenvalue weighted by molar-refractivity contribution is 0.0601. The first kappa shape index (κ1) is 18.9. The summed E-state index contributed by atoms with van der Waals surface area (Å²) in [6, 6.07) is 19.2. The summed E-state index contributed by atoms with van der Waals surface area (Å²) in [7, 11) is 1.38. The van der Waals surface area contributed by atoms with Crippen LogP contribution in [0.25, 0.3) is 11.3 Å². The average molecular weight is 388 g/mol. The maximum absolute atomic E-state index is 11.6. The Hall–Kier alpha value is -3.41. The molecule has 0 unspecified atom stereocenters. The van der Waals surface area contributed by atoms with Crippen molar-refractivity contribution in [3.63, 3.8) is 0 Å². The van der Waals surface area contributed by atoms with Crippen LogP contribution in [0.3, 0.4) is 0 Å². The number of carbonyl (C=O) groups excluding carboxylic acids is 1. The van der Waals surface area contributed by atoms with Crippen LogP contribution in [0.1, 0.15) is 29.6 Å². The Bertz CT molecular complexity index is 968. The summed E-state index contributed by atoms with van der Waals surface area (Å²) in [5.74, 6) is 1.13. The van der Waals surface area contributed by atoms with Gasteiger partial charge in [0.1, 0.15) is 5.82 Å². The number of hydrogen-bond donors (Lipinski definition) is 1. The number of piperidine rings is 1. The fourth-order valence-corrected chi connectivity index (χ4v) is 3.45. The van der Waals surface area contributed by atoms with Gasteiger partial charge in [-0.2, -0.15) is 4.98 Å². The second kappa shape index (κ2) is 8.73. The normalized spacial score (nSPS) is 13.8. The molecular weight excluding hydrogens is 364 g/mol. The lowest BCUT2D eigenvalue weighted by atomic mass is 10.1. The van der Waals surface area contributed by atoms with E-state index in [-0.39, 0.29) is 5.97 Å². The van der Waals surface area contributed by atoms with Crippen LogP contribution in [-0.2, 0) is 4.74 Å². The molecule has 0 bridgehead atoms. The van der Waals surface area contributed by atoms with Gasteiger partial charge in [-0.1, -0.05) is 30.3 Å². The van der Waals surface area contributed by atoms with Gasteiger partial charge in [0.15, 0.2) is 0 Å². The fourth-order valence-electron chi connectivity index (χ4n) is 3.45. The zero-order valence-electron chi connectivity index (χ0n) is 16.5. The summed E-state index contributed by atoms with van der Waals surface area (Å²) < 4.78 is 4.76. The maximum atomic E-state index is 11.6. The molecule has 0 aliphatic carbocycles. The number of anilines is 3. The molecule has 0 atom stereocenters. The third-order valence-electron chi connectivity index (χ3n) is 5.00. The minimum Gasteiger partial charge on any atom is -0.465 e. The van der Waals surface area contributed by atoms with Gasteiger partial charge in [0, 0.05) is 30.4 Å². The number of nitrogens with one attached hydrogen (secondary N) is 1. The molecule has 1 fully saturated rings. The molecule has 1 aromatic heterocycles. The highest BCUT2D eigenvalue weighted by Gasteiger charge is 2.16. The standard InChI is InChI=1S/C23H24N4O2/c1-29-22(28)18-10-12-19(13-11-18)24-21-16-20(17-8-4-2-5-9-17)25-23(26-21)27-14-6-3-7-15-27/h2,4-5,8-13,16H,3,6-7,14-15H2,1H3,(H,24,25,26). The minimum atomic E-state index is -0.350. The SMILES string of the molecule is COC(=O)c1ccc(Nc2cc(-c3ccccc3)nc(N3CCCCC3)n2)cc1. The average Bonchev–Trinajstić information content (AvgIpc) is 2.80. The van der Waals surface area contributed by atoms with Gasteiger partial charge in [-0.25, -0.2) is 9.78 Å². The van der Waals surface area contributed by atoms with Gasteiger partial charge >= 0.3 is 5.97 Å². The van der Waals surface area contributed by atoms with E-state index >= 15 is 0 Å². The van der Waals surface area contributed by atoms with Crippen molar-refractivity contribution in [2.24, 2.45) is 0 Å². The molecular formula is C23H24N4O2. The lowest BCUT2D eigenvalue weighted by Crippen LogP contribution is -2.31. The van der Waals surface area contributed by atoms with E-state index in [1.165, 1.54) is 13.5 Å². The first-order valence-corrected chi connectivity index (χ1v) is 9.88. The van der Waals surface area contributed by atoms with Crippen LogP contribution in [0.2, 0.25) is 0 Å². The predicted octanol–water partition coefficient (Wildman–Crippen LogP) is 4.66. The van der Waals surface area contributed by atoms with Crippen molar-refractivity contribution in [3.05, 3.63) is 66.2 Å². The Balaban J connectivity index is 1.65. The third kappa shape index (κ3) is 4.54. The van der Waals surface area contributed by atoms with Crippen LogP contribution in [-0.4, -0.2) is 36.1 Å². The summed E-state index contributed by atoms with van der Waals surface area (Å²) in [5.41, 5.74) is 3.30. The van der Waals surface area contributed by atoms with Crippen LogP contribution in [0.5, 0.6) is 0 Å². The topological polar surface area (TPSA) is 67.3 Å². The van der Waals surface area contributed by atoms with Crippen LogP contribution in [0, 0.1) is 0 Å². The number of rotatable bonds is 5. The van der Waals surface area contributed by atoms with E-state index in [4.69, 9.17) is 14.7 Å². The van der Waals surface area contributed by atoms with E-state index in [1.54, 1.807) is 12.1 Å². The van der Waals surface area contributed by atoms with Crippen molar-refractivity contribution in [2.75, 3.05) is 30.4 Å². The van der Waals surface area contributed by atoms with Crippen LogP contribution < -0.4 is 10.2 Å². The molecule has 0 spiro atoms. The van der Waals surface area contributed by atoms with Gasteiger partial charge in [0.2, 0.25) is 5.95 Å². The molecule has 1 aliphatic rings. The molecule has 2 heterocycles. The Morgan fingerprint density at radius 1 is 0.966 bits per heavy atom. The van der Waals surface area contributed by atoms with Crippen LogP contribution in [0.15, 0.2) is 60.7 Å². The number of carbonyl (C=O) groups is 1. The molecule has 6 nitrogen and oxygen atoms in total.